The molecular formula is C23H34ClN3O3. The van der Waals surface area contributed by atoms with Crippen LogP contribution < -0.4 is 16.0 Å². The van der Waals surface area contributed by atoms with Crippen molar-refractivity contribution in [1.29, 1.82) is 0 Å². The number of amides is 2. The van der Waals surface area contributed by atoms with E-state index in [2.05, 4.69) is 28.1 Å². The van der Waals surface area contributed by atoms with Gasteiger partial charge in [-0.25, -0.2) is 0 Å². The topological polar surface area (TPSA) is 79.5 Å². The van der Waals surface area contributed by atoms with Crippen LogP contribution in [0.3, 0.4) is 0 Å². The lowest BCUT2D eigenvalue weighted by Gasteiger charge is -2.29. The molecule has 1 saturated heterocycles. The second kappa shape index (κ2) is 11.1. The quantitative estimate of drug-likeness (QED) is 0.640. The predicted octanol–water partition coefficient (Wildman–Crippen LogP) is 2.34. The monoisotopic (exact) mass is 435 g/mol. The second-order valence-corrected chi connectivity index (χ2v) is 8.75. The van der Waals surface area contributed by atoms with Crippen molar-refractivity contribution in [1.82, 2.24) is 16.0 Å². The fraction of sp³-hybridized carbons (Fsp3) is 0.652. The van der Waals surface area contributed by atoms with Crippen LogP contribution >= 0.6 is 12.4 Å². The minimum Gasteiger partial charge on any atom is -0.376 e. The average Bonchev–Trinajstić information content (AvgIpc) is 3.29. The summed E-state index contributed by atoms with van der Waals surface area (Å²) in [4.78, 5) is 25.0. The van der Waals surface area contributed by atoms with Gasteiger partial charge in [-0.1, -0.05) is 24.3 Å². The molecule has 2 amide bonds. The zero-order chi connectivity index (χ0) is 20.1. The molecule has 0 spiro atoms. The van der Waals surface area contributed by atoms with Crippen molar-refractivity contribution < 1.29 is 14.3 Å². The summed E-state index contributed by atoms with van der Waals surface area (Å²) >= 11 is 0. The molecule has 2 atom stereocenters. The minimum atomic E-state index is -0.148. The zero-order valence-electron chi connectivity index (χ0n) is 17.5. The Labute approximate surface area is 185 Å². The summed E-state index contributed by atoms with van der Waals surface area (Å²) in [6.45, 7) is 2.93. The van der Waals surface area contributed by atoms with E-state index in [-0.39, 0.29) is 42.3 Å². The maximum Gasteiger partial charge on any atom is 0.237 e. The number of rotatable bonds is 6. The number of carbonyl (C=O) groups excluding carboxylic acids is 2. The number of ether oxygens (including phenoxy) is 1. The third-order valence-corrected chi connectivity index (χ3v) is 6.71. The van der Waals surface area contributed by atoms with Crippen LogP contribution in [0.15, 0.2) is 24.3 Å². The van der Waals surface area contributed by atoms with E-state index >= 15 is 0 Å². The Kier molecular flexibility index (Phi) is 8.54. The zero-order valence-corrected chi connectivity index (χ0v) is 18.3. The molecule has 1 aliphatic carbocycles. The highest BCUT2D eigenvalue weighted by Gasteiger charge is 2.29. The van der Waals surface area contributed by atoms with Crippen LogP contribution in [0.5, 0.6) is 0 Å². The first-order valence-electron chi connectivity index (χ1n) is 11.2. The average molecular weight is 436 g/mol. The molecule has 30 heavy (non-hydrogen) atoms. The highest BCUT2D eigenvalue weighted by molar-refractivity contribution is 5.85. The van der Waals surface area contributed by atoms with Crippen LogP contribution in [0.25, 0.3) is 0 Å². The molecule has 0 radical (unpaired) electrons. The van der Waals surface area contributed by atoms with Crippen molar-refractivity contribution in [2.45, 2.75) is 63.6 Å². The highest BCUT2D eigenvalue weighted by Crippen LogP contribution is 2.28. The summed E-state index contributed by atoms with van der Waals surface area (Å²) in [6, 6.07) is 8.16. The van der Waals surface area contributed by atoms with Gasteiger partial charge >= 0.3 is 0 Å². The summed E-state index contributed by atoms with van der Waals surface area (Å²) in [5.41, 5.74) is 2.55. The maximum absolute atomic E-state index is 12.6. The molecule has 1 aromatic rings. The number of benzene rings is 1. The Balaban J connectivity index is 0.00000256. The lowest BCUT2D eigenvalue weighted by atomic mass is 9.81. The standard InChI is InChI=1S/C23H33N3O3.ClH/c27-22(26-15-20-6-3-11-29-20)17-9-7-16(8-10-17)13-25-23(28)21-12-18-4-1-2-5-19(18)14-24-21;/h1-2,4-5,16-17,20-21,24H,3,6-15H2,(H,25,28)(H,26,27);1H/t16?,17?,20?,21-;/m0./s1. The van der Waals surface area contributed by atoms with E-state index in [0.717, 1.165) is 58.1 Å². The number of fused-ring (bicyclic) bond motifs is 1. The molecule has 1 unspecified atom stereocenters. The van der Waals surface area contributed by atoms with Crippen LogP contribution in [0.4, 0.5) is 0 Å². The number of nitrogens with one attached hydrogen (secondary N) is 3. The SMILES string of the molecule is Cl.O=C(NCC1CCCO1)C1CCC(CNC(=O)[C@@H]2Cc3ccccc3CN2)CC1. The Morgan fingerprint density at radius 2 is 1.70 bits per heavy atom. The first-order chi connectivity index (χ1) is 14.2. The summed E-state index contributed by atoms with van der Waals surface area (Å²) in [7, 11) is 0. The van der Waals surface area contributed by atoms with Crippen LogP contribution in [-0.2, 0) is 27.3 Å². The van der Waals surface area contributed by atoms with E-state index in [9.17, 15) is 9.59 Å². The number of hydrogen-bond donors (Lipinski definition) is 3. The van der Waals surface area contributed by atoms with Gasteiger partial charge in [0.25, 0.3) is 0 Å². The van der Waals surface area contributed by atoms with Crippen molar-refractivity contribution in [2.75, 3.05) is 19.7 Å². The number of hydrogen-bond acceptors (Lipinski definition) is 4. The molecule has 3 aliphatic rings. The Bertz CT molecular complexity index is 715. The van der Waals surface area contributed by atoms with Crippen molar-refractivity contribution >= 4 is 24.2 Å². The first kappa shape index (κ1) is 23.0. The van der Waals surface area contributed by atoms with Gasteiger partial charge in [0.05, 0.1) is 12.1 Å². The summed E-state index contributed by atoms with van der Waals surface area (Å²) in [5.74, 6) is 0.848. The Morgan fingerprint density at radius 1 is 0.967 bits per heavy atom. The predicted molar refractivity (Wildman–Crippen MR) is 118 cm³/mol. The second-order valence-electron chi connectivity index (χ2n) is 8.75. The van der Waals surface area contributed by atoms with Gasteiger partial charge in [-0.15, -0.1) is 12.4 Å². The smallest absolute Gasteiger partial charge is 0.237 e. The molecule has 0 aromatic heterocycles. The van der Waals surface area contributed by atoms with Crippen molar-refractivity contribution in [3.63, 3.8) is 0 Å². The summed E-state index contributed by atoms with van der Waals surface area (Å²) in [5, 5.41) is 9.56. The van der Waals surface area contributed by atoms with Crippen LogP contribution in [0.1, 0.15) is 49.7 Å². The largest absolute Gasteiger partial charge is 0.376 e. The number of halogens is 1. The van der Waals surface area contributed by atoms with Crippen molar-refractivity contribution in [2.24, 2.45) is 11.8 Å². The molecule has 2 heterocycles. The van der Waals surface area contributed by atoms with Gasteiger partial charge in [0.1, 0.15) is 0 Å². The molecule has 1 saturated carbocycles. The lowest BCUT2D eigenvalue weighted by Crippen LogP contribution is -2.48. The Hall–Kier alpha value is -1.63. The minimum absolute atomic E-state index is 0. The van der Waals surface area contributed by atoms with Gasteiger partial charge in [0.15, 0.2) is 0 Å². The van der Waals surface area contributed by atoms with E-state index in [1.165, 1.54) is 11.1 Å². The van der Waals surface area contributed by atoms with Gasteiger partial charge in [-0.2, -0.15) is 0 Å². The number of carbonyl (C=O) groups is 2. The van der Waals surface area contributed by atoms with Gasteiger partial charge < -0.3 is 20.7 Å². The van der Waals surface area contributed by atoms with Crippen LogP contribution in [0, 0.1) is 11.8 Å². The van der Waals surface area contributed by atoms with E-state index in [1.54, 1.807) is 0 Å². The van der Waals surface area contributed by atoms with E-state index < -0.39 is 0 Å². The fourth-order valence-electron chi connectivity index (χ4n) is 4.80. The summed E-state index contributed by atoms with van der Waals surface area (Å²) in [6.07, 6.45) is 6.91. The third kappa shape index (κ3) is 5.96. The molecule has 2 fully saturated rings. The Morgan fingerprint density at radius 3 is 2.43 bits per heavy atom. The highest BCUT2D eigenvalue weighted by atomic mass is 35.5. The lowest BCUT2D eigenvalue weighted by molar-refractivity contribution is -0.127. The fourth-order valence-corrected chi connectivity index (χ4v) is 4.80. The molecule has 166 valence electrons. The molecule has 2 aliphatic heterocycles. The van der Waals surface area contributed by atoms with Gasteiger partial charge in [0.2, 0.25) is 11.8 Å². The van der Waals surface area contributed by atoms with Crippen LogP contribution in [0.2, 0.25) is 0 Å². The molecule has 0 bridgehead atoms. The van der Waals surface area contributed by atoms with E-state index in [0.29, 0.717) is 19.0 Å². The summed E-state index contributed by atoms with van der Waals surface area (Å²) < 4.78 is 5.57. The molecule has 6 nitrogen and oxygen atoms in total. The van der Waals surface area contributed by atoms with Gasteiger partial charge in [-0.05, 0) is 62.0 Å². The normalized spacial score (nSPS) is 28.1. The third-order valence-electron chi connectivity index (χ3n) is 6.71. The van der Waals surface area contributed by atoms with Gasteiger partial charge in [0, 0.05) is 32.2 Å². The van der Waals surface area contributed by atoms with Crippen molar-refractivity contribution in [3.8, 4) is 0 Å². The van der Waals surface area contributed by atoms with E-state index in [4.69, 9.17) is 4.74 Å². The van der Waals surface area contributed by atoms with Gasteiger partial charge in [-0.3, -0.25) is 9.59 Å². The molecular weight excluding hydrogens is 402 g/mol. The first-order valence-corrected chi connectivity index (χ1v) is 11.2. The van der Waals surface area contributed by atoms with Crippen molar-refractivity contribution in [3.05, 3.63) is 35.4 Å². The van der Waals surface area contributed by atoms with Crippen LogP contribution in [-0.4, -0.2) is 43.7 Å². The molecule has 3 N–H and O–H groups in total. The molecule has 7 heteroatoms. The molecule has 4 rings (SSSR count). The maximum atomic E-state index is 12.6. The molecule has 1 aromatic carbocycles. The van der Waals surface area contributed by atoms with E-state index in [1.807, 2.05) is 12.1 Å².